The maximum Gasteiger partial charge on any atom is 0.269 e. The number of nitrogens with zero attached hydrogens (tertiary/aromatic N) is 2. The van der Waals surface area contributed by atoms with Crippen LogP contribution in [0.15, 0.2) is 29.2 Å². The Labute approximate surface area is 123 Å². The van der Waals surface area contributed by atoms with E-state index in [9.17, 15) is 23.3 Å². The average Bonchev–Trinajstić information content (AvgIpc) is 2.45. The number of nitro benzene ring substituents is 1. The third kappa shape index (κ3) is 4.50. The predicted octanol–water partition coefficient (Wildman–Crippen LogP) is 0.741. The highest BCUT2D eigenvalue weighted by atomic mass is 32.2. The van der Waals surface area contributed by atoms with E-state index in [1.165, 1.54) is 7.05 Å². The Hall–Kier alpha value is -2.00. The Bertz CT molecular complexity index is 612. The highest BCUT2D eigenvalue weighted by molar-refractivity contribution is 7.89. The molecule has 0 aliphatic heterocycles. The molecule has 9 heteroatoms. The monoisotopic (exact) mass is 315 g/mol. The van der Waals surface area contributed by atoms with Crippen LogP contribution < -0.4 is 5.32 Å². The van der Waals surface area contributed by atoms with Gasteiger partial charge in [0.1, 0.15) is 0 Å². The quantitative estimate of drug-likeness (QED) is 0.589. The molecule has 0 radical (unpaired) electrons. The molecule has 0 atom stereocenters. The van der Waals surface area contributed by atoms with Gasteiger partial charge in [0.05, 0.1) is 16.4 Å². The topological polar surface area (TPSA) is 110 Å². The second-order valence-electron chi connectivity index (χ2n) is 4.36. The summed E-state index contributed by atoms with van der Waals surface area (Å²) in [5, 5.41) is 13.1. The number of nitrogens with one attached hydrogen (secondary N) is 1. The van der Waals surface area contributed by atoms with Crippen molar-refractivity contribution in [1.82, 2.24) is 9.62 Å². The summed E-state index contributed by atoms with van der Waals surface area (Å²) in [5.74, 6) is -0.398. The van der Waals surface area contributed by atoms with Gasteiger partial charge in [-0.1, -0.05) is 6.92 Å². The zero-order valence-corrected chi connectivity index (χ0v) is 12.6. The number of amides is 1. The van der Waals surface area contributed by atoms with Gasteiger partial charge >= 0.3 is 0 Å². The maximum absolute atomic E-state index is 12.2. The molecule has 1 amide bonds. The SMILES string of the molecule is CCCNC(=O)CN(C)S(=O)(=O)c1ccc([N+](=O)[O-])cc1. The number of nitro groups is 1. The fourth-order valence-corrected chi connectivity index (χ4v) is 2.65. The summed E-state index contributed by atoms with van der Waals surface area (Å²) >= 11 is 0. The molecule has 0 heterocycles. The van der Waals surface area contributed by atoms with Crippen molar-refractivity contribution in [3.05, 3.63) is 34.4 Å². The van der Waals surface area contributed by atoms with Crippen LogP contribution in [0.5, 0.6) is 0 Å². The second-order valence-corrected chi connectivity index (χ2v) is 6.41. The maximum atomic E-state index is 12.2. The standard InChI is InChI=1S/C12H17N3O5S/c1-3-8-13-12(16)9-14(2)21(19,20)11-6-4-10(5-7-11)15(17)18/h4-7H,3,8-9H2,1-2H3,(H,13,16). The normalized spacial score (nSPS) is 11.4. The van der Waals surface area contributed by atoms with Crippen LogP contribution in [0.4, 0.5) is 5.69 Å². The summed E-state index contributed by atoms with van der Waals surface area (Å²) in [6, 6.07) is 4.51. The van der Waals surface area contributed by atoms with Gasteiger partial charge in [0.25, 0.3) is 5.69 Å². The molecular formula is C12H17N3O5S. The lowest BCUT2D eigenvalue weighted by Gasteiger charge is -2.16. The lowest BCUT2D eigenvalue weighted by atomic mass is 10.3. The summed E-state index contributed by atoms with van der Waals surface area (Å²) in [6.07, 6.45) is 0.755. The van der Waals surface area contributed by atoms with Gasteiger partial charge in [-0.3, -0.25) is 14.9 Å². The molecule has 1 rings (SSSR count). The molecule has 0 saturated carbocycles. The van der Waals surface area contributed by atoms with Gasteiger partial charge in [-0.05, 0) is 18.6 Å². The number of sulfonamides is 1. The summed E-state index contributed by atoms with van der Waals surface area (Å²) in [4.78, 5) is 21.4. The van der Waals surface area contributed by atoms with E-state index >= 15 is 0 Å². The van der Waals surface area contributed by atoms with Crippen molar-refractivity contribution in [2.24, 2.45) is 0 Å². The Morgan fingerprint density at radius 1 is 1.33 bits per heavy atom. The number of likely N-dealkylation sites (N-methyl/N-ethyl adjacent to an activating group) is 1. The summed E-state index contributed by atoms with van der Waals surface area (Å²) in [5.41, 5.74) is -0.197. The minimum Gasteiger partial charge on any atom is -0.355 e. The van der Waals surface area contributed by atoms with Crippen molar-refractivity contribution in [2.45, 2.75) is 18.2 Å². The van der Waals surface area contributed by atoms with Crippen LogP contribution in [0.1, 0.15) is 13.3 Å². The Balaban J connectivity index is 2.84. The van der Waals surface area contributed by atoms with E-state index < -0.39 is 20.9 Å². The van der Waals surface area contributed by atoms with Crippen LogP contribution in [-0.2, 0) is 14.8 Å². The number of non-ortho nitro benzene ring substituents is 1. The molecule has 0 aromatic heterocycles. The summed E-state index contributed by atoms with van der Waals surface area (Å²) < 4.78 is 25.3. The van der Waals surface area contributed by atoms with E-state index in [1.54, 1.807) is 0 Å². The van der Waals surface area contributed by atoms with Crippen LogP contribution in [-0.4, -0.2) is 43.7 Å². The molecule has 0 spiro atoms. The number of rotatable bonds is 7. The van der Waals surface area contributed by atoms with Gasteiger partial charge in [0, 0.05) is 25.7 Å². The zero-order valence-electron chi connectivity index (χ0n) is 11.8. The summed E-state index contributed by atoms with van der Waals surface area (Å²) in [6.45, 7) is 2.06. The first-order chi connectivity index (χ1) is 9.78. The fourth-order valence-electron chi connectivity index (χ4n) is 1.53. The van der Waals surface area contributed by atoms with E-state index in [0.29, 0.717) is 6.54 Å². The highest BCUT2D eigenvalue weighted by Gasteiger charge is 2.23. The van der Waals surface area contributed by atoms with Crippen LogP contribution in [0.3, 0.4) is 0 Å². The second kappa shape index (κ2) is 7.14. The minimum atomic E-state index is -3.85. The van der Waals surface area contributed by atoms with Gasteiger partial charge in [0.15, 0.2) is 0 Å². The molecule has 0 bridgehead atoms. The van der Waals surface area contributed by atoms with Crippen LogP contribution >= 0.6 is 0 Å². The first-order valence-electron chi connectivity index (χ1n) is 6.26. The predicted molar refractivity (Wildman–Crippen MR) is 76.2 cm³/mol. The number of hydrogen-bond donors (Lipinski definition) is 1. The zero-order chi connectivity index (χ0) is 16.0. The highest BCUT2D eigenvalue weighted by Crippen LogP contribution is 2.18. The smallest absolute Gasteiger partial charge is 0.269 e. The minimum absolute atomic E-state index is 0.0982. The van der Waals surface area contributed by atoms with Gasteiger partial charge in [0.2, 0.25) is 15.9 Å². The summed E-state index contributed by atoms with van der Waals surface area (Å²) in [7, 11) is -2.57. The van der Waals surface area contributed by atoms with Gasteiger partial charge < -0.3 is 5.32 Å². The molecule has 1 aromatic carbocycles. The third-order valence-electron chi connectivity index (χ3n) is 2.69. The van der Waals surface area contributed by atoms with Crippen molar-refractivity contribution >= 4 is 21.6 Å². The molecule has 116 valence electrons. The van der Waals surface area contributed by atoms with Crippen molar-refractivity contribution in [3.8, 4) is 0 Å². The lowest BCUT2D eigenvalue weighted by molar-refractivity contribution is -0.384. The molecule has 0 aliphatic rings. The molecule has 0 aliphatic carbocycles. The van der Waals surface area contributed by atoms with Gasteiger partial charge in [-0.15, -0.1) is 0 Å². The molecule has 21 heavy (non-hydrogen) atoms. The van der Waals surface area contributed by atoms with E-state index in [-0.39, 0.29) is 17.1 Å². The van der Waals surface area contributed by atoms with Crippen LogP contribution in [0.25, 0.3) is 0 Å². The van der Waals surface area contributed by atoms with Crippen LogP contribution in [0, 0.1) is 10.1 Å². The Kier molecular flexibility index (Phi) is 5.79. The van der Waals surface area contributed by atoms with E-state index in [1.807, 2.05) is 6.92 Å². The third-order valence-corrected chi connectivity index (χ3v) is 4.51. The largest absolute Gasteiger partial charge is 0.355 e. The first kappa shape index (κ1) is 17.1. The number of carbonyl (C=O) groups is 1. The Morgan fingerprint density at radius 3 is 2.38 bits per heavy atom. The molecule has 0 saturated heterocycles. The Morgan fingerprint density at radius 2 is 1.90 bits per heavy atom. The average molecular weight is 315 g/mol. The number of hydrogen-bond acceptors (Lipinski definition) is 5. The molecule has 1 N–H and O–H groups in total. The fraction of sp³-hybridized carbons (Fsp3) is 0.417. The first-order valence-corrected chi connectivity index (χ1v) is 7.70. The van der Waals surface area contributed by atoms with E-state index in [0.717, 1.165) is 35.0 Å². The van der Waals surface area contributed by atoms with Gasteiger partial charge in [-0.25, -0.2) is 8.42 Å². The van der Waals surface area contributed by atoms with Crippen molar-refractivity contribution in [2.75, 3.05) is 20.1 Å². The van der Waals surface area contributed by atoms with Crippen LogP contribution in [0.2, 0.25) is 0 Å². The van der Waals surface area contributed by atoms with Crippen molar-refractivity contribution < 1.29 is 18.1 Å². The molecule has 0 fully saturated rings. The van der Waals surface area contributed by atoms with Gasteiger partial charge in [-0.2, -0.15) is 4.31 Å². The number of benzene rings is 1. The molecule has 8 nitrogen and oxygen atoms in total. The van der Waals surface area contributed by atoms with Crippen molar-refractivity contribution in [1.29, 1.82) is 0 Å². The lowest BCUT2D eigenvalue weighted by Crippen LogP contribution is -2.38. The molecular weight excluding hydrogens is 298 g/mol. The number of carbonyl (C=O) groups excluding carboxylic acids is 1. The van der Waals surface area contributed by atoms with E-state index in [2.05, 4.69) is 5.32 Å². The van der Waals surface area contributed by atoms with E-state index in [4.69, 9.17) is 0 Å². The molecule has 0 unspecified atom stereocenters. The molecule has 1 aromatic rings. The van der Waals surface area contributed by atoms with Crippen molar-refractivity contribution in [3.63, 3.8) is 0 Å².